The van der Waals surface area contributed by atoms with Crippen LogP contribution < -0.4 is 10.1 Å². The number of nitrogens with one attached hydrogen (secondary N) is 1. The number of carbonyl (C=O) groups excluding carboxylic acids is 1. The second-order valence-electron chi connectivity index (χ2n) is 5.27. The fraction of sp³-hybridized carbons (Fsp3) is 0.400. The van der Waals surface area contributed by atoms with Crippen LogP contribution in [0.3, 0.4) is 0 Å². The molecule has 0 aromatic heterocycles. The average molecular weight is 303 g/mol. The lowest BCUT2D eigenvalue weighted by atomic mass is 10.1. The Morgan fingerprint density at radius 1 is 1.59 bits per heavy atom. The number of ether oxygens (including phenoxy) is 1. The quantitative estimate of drug-likeness (QED) is 0.879. The lowest BCUT2D eigenvalue weighted by Crippen LogP contribution is -2.45. The Bertz CT molecular complexity index is 636. The van der Waals surface area contributed by atoms with Gasteiger partial charge in [-0.2, -0.15) is 5.26 Å². The van der Waals surface area contributed by atoms with Gasteiger partial charge in [-0.15, -0.1) is 0 Å². The summed E-state index contributed by atoms with van der Waals surface area (Å²) >= 11 is 0. The Morgan fingerprint density at radius 3 is 2.91 bits per heavy atom. The van der Waals surface area contributed by atoms with Crippen molar-refractivity contribution in [2.24, 2.45) is 0 Å². The third-order valence-corrected chi connectivity index (χ3v) is 3.42. The van der Waals surface area contributed by atoms with Crippen LogP contribution in [0.1, 0.15) is 29.8 Å². The van der Waals surface area contributed by atoms with Crippen molar-refractivity contribution >= 4 is 12.0 Å². The predicted octanol–water partition coefficient (Wildman–Crippen LogP) is 1.44. The van der Waals surface area contributed by atoms with Crippen LogP contribution in [0.5, 0.6) is 5.75 Å². The monoisotopic (exact) mass is 303 g/mol. The van der Waals surface area contributed by atoms with Crippen molar-refractivity contribution in [1.29, 1.82) is 5.26 Å². The van der Waals surface area contributed by atoms with E-state index in [0.717, 1.165) is 0 Å². The number of hydrogen-bond donors (Lipinski definition) is 2. The molecule has 1 aliphatic heterocycles. The topological polar surface area (TPSA) is 103 Å². The molecule has 0 fully saturated rings. The van der Waals surface area contributed by atoms with Crippen molar-refractivity contribution in [2.45, 2.75) is 26.0 Å². The van der Waals surface area contributed by atoms with Gasteiger partial charge in [0.25, 0.3) is 5.91 Å². The minimum Gasteiger partial charge on any atom is -0.484 e. The SMILES string of the molecule is CC(C)N1CC(CNC(=O)O)Oc2c(C#N)cccc2C1=O. The van der Waals surface area contributed by atoms with Crippen molar-refractivity contribution in [1.82, 2.24) is 10.2 Å². The van der Waals surface area contributed by atoms with Crippen LogP contribution in [-0.2, 0) is 0 Å². The van der Waals surface area contributed by atoms with Crippen molar-refractivity contribution in [3.05, 3.63) is 29.3 Å². The first kappa shape index (κ1) is 15.6. The zero-order chi connectivity index (χ0) is 16.3. The number of fused-ring (bicyclic) bond motifs is 1. The summed E-state index contributed by atoms with van der Waals surface area (Å²) in [5.74, 6) is -0.00439. The fourth-order valence-electron chi connectivity index (χ4n) is 2.33. The van der Waals surface area contributed by atoms with Crippen LogP contribution in [0.4, 0.5) is 4.79 Å². The van der Waals surface area contributed by atoms with E-state index in [1.165, 1.54) is 0 Å². The first-order valence-electron chi connectivity index (χ1n) is 6.91. The summed E-state index contributed by atoms with van der Waals surface area (Å²) in [7, 11) is 0. The van der Waals surface area contributed by atoms with Gasteiger partial charge in [-0.1, -0.05) is 6.07 Å². The summed E-state index contributed by atoms with van der Waals surface area (Å²) in [6.45, 7) is 4.03. The third-order valence-electron chi connectivity index (χ3n) is 3.42. The molecule has 1 unspecified atom stereocenters. The van der Waals surface area contributed by atoms with Crippen molar-refractivity contribution in [3.63, 3.8) is 0 Å². The summed E-state index contributed by atoms with van der Waals surface area (Å²) in [6, 6.07) is 6.74. The van der Waals surface area contributed by atoms with E-state index < -0.39 is 12.2 Å². The van der Waals surface area contributed by atoms with Crippen LogP contribution in [0, 0.1) is 11.3 Å². The molecule has 0 radical (unpaired) electrons. The van der Waals surface area contributed by atoms with Gasteiger partial charge in [0.1, 0.15) is 17.9 Å². The first-order chi connectivity index (χ1) is 10.4. The van der Waals surface area contributed by atoms with E-state index >= 15 is 0 Å². The van der Waals surface area contributed by atoms with E-state index in [-0.39, 0.29) is 36.4 Å². The molecule has 2 rings (SSSR count). The van der Waals surface area contributed by atoms with E-state index in [2.05, 4.69) is 5.32 Å². The van der Waals surface area contributed by atoms with Gasteiger partial charge in [0.05, 0.1) is 24.2 Å². The summed E-state index contributed by atoms with van der Waals surface area (Å²) < 4.78 is 5.77. The van der Waals surface area contributed by atoms with Crippen molar-refractivity contribution in [2.75, 3.05) is 13.1 Å². The van der Waals surface area contributed by atoms with Crippen LogP contribution in [0.25, 0.3) is 0 Å². The van der Waals surface area contributed by atoms with E-state index in [1.54, 1.807) is 23.1 Å². The largest absolute Gasteiger partial charge is 0.484 e. The second-order valence-corrected chi connectivity index (χ2v) is 5.27. The van der Waals surface area contributed by atoms with Crippen LogP contribution in [0.15, 0.2) is 18.2 Å². The number of nitriles is 1. The predicted molar refractivity (Wildman–Crippen MR) is 77.8 cm³/mol. The maximum absolute atomic E-state index is 12.6. The van der Waals surface area contributed by atoms with Crippen LogP contribution in [-0.4, -0.2) is 47.2 Å². The normalized spacial score (nSPS) is 17.3. The van der Waals surface area contributed by atoms with Crippen molar-refractivity contribution < 1.29 is 19.4 Å². The zero-order valence-corrected chi connectivity index (χ0v) is 12.4. The van der Waals surface area contributed by atoms with Gasteiger partial charge in [0.2, 0.25) is 0 Å². The summed E-state index contributed by atoms with van der Waals surface area (Å²) in [5.41, 5.74) is 0.586. The summed E-state index contributed by atoms with van der Waals surface area (Å²) in [6.07, 6.45) is -1.72. The molecule has 0 saturated heterocycles. The highest BCUT2D eigenvalue weighted by molar-refractivity contribution is 5.98. The number of hydrogen-bond acceptors (Lipinski definition) is 4. The van der Waals surface area contributed by atoms with Crippen LogP contribution in [0.2, 0.25) is 0 Å². The molecule has 0 spiro atoms. The molecule has 7 nitrogen and oxygen atoms in total. The van der Waals surface area contributed by atoms with E-state index in [9.17, 15) is 14.9 Å². The van der Waals surface area contributed by atoms with Gasteiger partial charge in [-0.05, 0) is 26.0 Å². The van der Waals surface area contributed by atoms with Gasteiger partial charge in [-0.25, -0.2) is 4.79 Å². The molecule has 2 N–H and O–H groups in total. The molecule has 1 aliphatic rings. The molecule has 1 aromatic carbocycles. The highest BCUT2D eigenvalue weighted by Crippen LogP contribution is 2.29. The van der Waals surface area contributed by atoms with E-state index in [4.69, 9.17) is 9.84 Å². The van der Waals surface area contributed by atoms with Gasteiger partial charge in [-0.3, -0.25) is 4.79 Å². The lowest BCUT2D eigenvalue weighted by molar-refractivity contribution is 0.0648. The molecule has 7 heteroatoms. The number of benzene rings is 1. The third kappa shape index (κ3) is 3.11. The molecule has 2 amide bonds. The number of para-hydroxylation sites is 1. The first-order valence-corrected chi connectivity index (χ1v) is 6.91. The molecule has 0 aliphatic carbocycles. The van der Waals surface area contributed by atoms with Gasteiger partial charge in [0.15, 0.2) is 0 Å². The number of carbonyl (C=O) groups is 2. The smallest absolute Gasteiger partial charge is 0.404 e. The molecule has 0 bridgehead atoms. The molecular formula is C15H17N3O4. The Morgan fingerprint density at radius 2 is 2.32 bits per heavy atom. The van der Waals surface area contributed by atoms with E-state index in [0.29, 0.717) is 5.56 Å². The standard InChI is InChI=1S/C15H17N3O4/c1-9(2)18-8-11(7-17-15(20)21)22-13-10(6-16)4-3-5-12(13)14(18)19/h3-5,9,11,17H,7-8H2,1-2H3,(H,20,21). The molecule has 1 atom stereocenters. The molecule has 1 aromatic rings. The second kappa shape index (κ2) is 6.35. The van der Waals surface area contributed by atoms with Gasteiger partial charge < -0.3 is 20.1 Å². The molecule has 1 heterocycles. The highest BCUT2D eigenvalue weighted by Gasteiger charge is 2.31. The zero-order valence-electron chi connectivity index (χ0n) is 12.4. The summed E-state index contributed by atoms with van der Waals surface area (Å²) in [4.78, 5) is 24.9. The summed E-state index contributed by atoms with van der Waals surface area (Å²) in [5, 5.41) is 20.2. The molecular weight excluding hydrogens is 286 g/mol. The average Bonchev–Trinajstić information content (AvgIpc) is 2.62. The molecule has 22 heavy (non-hydrogen) atoms. The Hall–Kier alpha value is -2.75. The Balaban J connectivity index is 2.42. The minimum atomic E-state index is -1.16. The van der Waals surface area contributed by atoms with Gasteiger partial charge in [0, 0.05) is 6.04 Å². The Labute approximate surface area is 128 Å². The minimum absolute atomic E-state index is 0.0328. The Kier molecular flexibility index (Phi) is 4.51. The molecule has 0 saturated carbocycles. The highest BCUT2D eigenvalue weighted by atomic mass is 16.5. The fourth-order valence-corrected chi connectivity index (χ4v) is 2.33. The van der Waals surface area contributed by atoms with Crippen molar-refractivity contribution in [3.8, 4) is 11.8 Å². The number of rotatable bonds is 3. The lowest BCUT2D eigenvalue weighted by Gasteiger charge is -2.27. The number of amides is 2. The maximum atomic E-state index is 12.6. The van der Waals surface area contributed by atoms with Crippen LogP contribution >= 0.6 is 0 Å². The number of carboxylic acid groups (broad SMARTS) is 1. The number of nitrogens with zero attached hydrogens (tertiary/aromatic N) is 2. The van der Waals surface area contributed by atoms with E-state index in [1.807, 2.05) is 19.9 Å². The molecule has 116 valence electrons. The van der Waals surface area contributed by atoms with Gasteiger partial charge >= 0.3 is 6.09 Å². The maximum Gasteiger partial charge on any atom is 0.404 e.